The molecule has 204 valence electrons. The van der Waals surface area contributed by atoms with Crippen molar-refractivity contribution in [2.75, 3.05) is 0 Å². The van der Waals surface area contributed by atoms with Crippen molar-refractivity contribution < 1.29 is 13.0 Å². The fraction of sp³-hybridized carbons (Fsp3) is 0.806. The highest BCUT2D eigenvalue weighted by Crippen LogP contribution is 2.19. The first kappa shape index (κ1) is 32.2. The second kappa shape index (κ2) is 21.2. The van der Waals surface area contributed by atoms with E-state index in [1.807, 2.05) is 6.92 Å². The predicted molar refractivity (Wildman–Crippen MR) is 152 cm³/mol. The Bertz CT molecular complexity index is 727. The van der Waals surface area contributed by atoms with Crippen molar-refractivity contribution in [3.8, 4) is 0 Å². The third kappa shape index (κ3) is 18.1. The van der Waals surface area contributed by atoms with Crippen LogP contribution in [0.15, 0.2) is 23.1 Å². The molecule has 35 heavy (non-hydrogen) atoms. The van der Waals surface area contributed by atoms with E-state index in [1.54, 1.807) is 12.1 Å². The van der Waals surface area contributed by atoms with Gasteiger partial charge in [0.05, 0.1) is 4.90 Å². The van der Waals surface area contributed by atoms with Crippen LogP contribution in [0.2, 0.25) is 0 Å². The zero-order valence-electron chi connectivity index (χ0n) is 23.2. The van der Waals surface area contributed by atoms with Gasteiger partial charge in [-0.1, -0.05) is 148 Å². The molecule has 1 N–H and O–H groups in total. The minimum atomic E-state index is -4.11. The summed E-state index contributed by atoms with van der Waals surface area (Å²) in [4.78, 5) is 0.0110. The molecule has 0 saturated heterocycles. The third-order valence-electron chi connectivity index (χ3n) is 7.42. The average molecular weight is 509 g/mol. The summed E-state index contributed by atoms with van der Waals surface area (Å²) in [5.74, 6) is 0. The van der Waals surface area contributed by atoms with Gasteiger partial charge >= 0.3 is 0 Å². The standard InChI is InChI=1S/C31H56O3S/c1-3-4-5-6-7-8-9-10-11-12-13-14-15-16-17-18-19-20-21-22-23-24-25-30-28-31(35(32,33)34)27-26-29(30)2/h26-28H,3-25H2,1-2H3,(H,32,33,34). The molecule has 0 aliphatic carbocycles. The van der Waals surface area contributed by atoms with Crippen molar-refractivity contribution >= 4 is 10.1 Å². The molecule has 0 radical (unpaired) electrons. The summed E-state index contributed by atoms with van der Waals surface area (Å²) < 4.78 is 31.9. The van der Waals surface area contributed by atoms with Crippen LogP contribution in [-0.2, 0) is 16.5 Å². The molecule has 0 spiro atoms. The molecule has 0 bridgehead atoms. The quantitative estimate of drug-likeness (QED) is 0.112. The topological polar surface area (TPSA) is 54.4 Å². The van der Waals surface area contributed by atoms with Gasteiger partial charge in [0.2, 0.25) is 0 Å². The second-order valence-electron chi connectivity index (χ2n) is 10.7. The molecule has 4 heteroatoms. The molecule has 1 rings (SSSR count). The maximum absolute atomic E-state index is 11.3. The van der Waals surface area contributed by atoms with E-state index in [0.717, 1.165) is 24.0 Å². The second-order valence-corrected chi connectivity index (χ2v) is 12.2. The van der Waals surface area contributed by atoms with E-state index in [9.17, 15) is 13.0 Å². The summed E-state index contributed by atoms with van der Waals surface area (Å²) in [6.07, 6.45) is 31.3. The first-order valence-electron chi connectivity index (χ1n) is 15.0. The Morgan fingerprint density at radius 1 is 0.571 bits per heavy atom. The largest absolute Gasteiger partial charge is 0.294 e. The monoisotopic (exact) mass is 508 g/mol. The first-order chi connectivity index (χ1) is 16.9. The number of aryl methyl sites for hydroxylation is 2. The molecule has 3 nitrogen and oxygen atoms in total. The summed E-state index contributed by atoms with van der Waals surface area (Å²) in [6.45, 7) is 4.29. The van der Waals surface area contributed by atoms with E-state index >= 15 is 0 Å². The number of unbranched alkanes of at least 4 members (excludes halogenated alkanes) is 21. The van der Waals surface area contributed by atoms with Crippen LogP contribution in [0, 0.1) is 6.92 Å². The Labute approximate surface area is 218 Å². The van der Waals surface area contributed by atoms with Crippen molar-refractivity contribution in [2.24, 2.45) is 0 Å². The lowest BCUT2D eigenvalue weighted by Crippen LogP contribution is -2.00. The lowest BCUT2D eigenvalue weighted by molar-refractivity contribution is 0.483. The first-order valence-corrected chi connectivity index (χ1v) is 16.5. The molecular weight excluding hydrogens is 452 g/mol. The molecule has 0 atom stereocenters. The van der Waals surface area contributed by atoms with Gasteiger partial charge in [0.25, 0.3) is 10.1 Å². The summed E-state index contributed by atoms with van der Waals surface area (Å²) in [7, 11) is -4.11. The summed E-state index contributed by atoms with van der Waals surface area (Å²) >= 11 is 0. The van der Waals surface area contributed by atoms with Gasteiger partial charge in [0.15, 0.2) is 0 Å². The Kier molecular flexibility index (Phi) is 19.5. The molecule has 1 aromatic carbocycles. The predicted octanol–water partition coefficient (Wildman–Crippen LogP) is 10.4. The smallest absolute Gasteiger partial charge is 0.282 e. The van der Waals surface area contributed by atoms with Crippen LogP contribution >= 0.6 is 0 Å². The van der Waals surface area contributed by atoms with Gasteiger partial charge in [-0.25, -0.2) is 0 Å². The minimum Gasteiger partial charge on any atom is -0.282 e. The van der Waals surface area contributed by atoms with Gasteiger partial charge in [-0.05, 0) is 43.0 Å². The number of rotatable bonds is 24. The normalized spacial score (nSPS) is 11.9. The molecule has 0 fully saturated rings. The van der Waals surface area contributed by atoms with Gasteiger partial charge in [0, 0.05) is 0 Å². The zero-order chi connectivity index (χ0) is 25.6. The Morgan fingerprint density at radius 3 is 1.26 bits per heavy atom. The van der Waals surface area contributed by atoms with Crippen LogP contribution in [0.4, 0.5) is 0 Å². The highest BCUT2D eigenvalue weighted by molar-refractivity contribution is 7.85. The molecule has 0 aliphatic rings. The van der Waals surface area contributed by atoms with E-state index in [0.29, 0.717) is 0 Å². The Balaban J connectivity index is 1.82. The lowest BCUT2D eigenvalue weighted by Gasteiger charge is -2.08. The van der Waals surface area contributed by atoms with Crippen molar-refractivity contribution in [2.45, 2.75) is 166 Å². The third-order valence-corrected chi connectivity index (χ3v) is 8.27. The lowest BCUT2D eigenvalue weighted by atomic mass is 10.0. The molecule has 0 aromatic heterocycles. The maximum Gasteiger partial charge on any atom is 0.294 e. The SMILES string of the molecule is CCCCCCCCCCCCCCCCCCCCCCCCc1cc(S(=O)(=O)O)ccc1C. The summed E-state index contributed by atoms with van der Waals surface area (Å²) in [5, 5.41) is 0. The fourth-order valence-electron chi connectivity index (χ4n) is 5.00. The van der Waals surface area contributed by atoms with Crippen LogP contribution < -0.4 is 0 Å². The zero-order valence-corrected chi connectivity index (χ0v) is 24.0. The van der Waals surface area contributed by atoms with Crippen molar-refractivity contribution in [3.05, 3.63) is 29.3 Å². The molecule has 0 heterocycles. The minimum absolute atomic E-state index is 0.0110. The summed E-state index contributed by atoms with van der Waals surface area (Å²) in [6, 6.07) is 4.89. The molecule has 0 unspecified atom stereocenters. The molecule has 0 aliphatic heterocycles. The van der Waals surface area contributed by atoms with E-state index in [4.69, 9.17) is 0 Å². The average Bonchev–Trinajstić information content (AvgIpc) is 2.82. The van der Waals surface area contributed by atoms with Gasteiger partial charge in [-0.15, -0.1) is 0 Å². The maximum atomic E-state index is 11.3. The highest BCUT2D eigenvalue weighted by Gasteiger charge is 2.11. The van der Waals surface area contributed by atoms with Crippen LogP contribution in [-0.4, -0.2) is 13.0 Å². The highest BCUT2D eigenvalue weighted by atomic mass is 32.2. The number of benzene rings is 1. The van der Waals surface area contributed by atoms with E-state index < -0.39 is 10.1 Å². The van der Waals surface area contributed by atoms with Crippen LogP contribution in [0.3, 0.4) is 0 Å². The molecule has 0 saturated carbocycles. The van der Waals surface area contributed by atoms with Crippen LogP contribution in [0.5, 0.6) is 0 Å². The number of hydrogen-bond acceptors (Lipinski definition) is 2. The number of hydrogen-bond donors (Lipinski definition) is 1. The fourth-order valence-corrected chi connectivity index (χ4v) is 5.53. The van der Waals surface area contributed by atoms with Crippen molar-refractivity contribution in [1.29, 1.82) is 0 Å². The molecule has 1 aromatic rings. The molecular formula is C31H56O3S. The van der Waals surface area contributed by atoms with Gasteiger partial charge in [0.1, 0.15) is 0 Å². The van der Waals surface area contributed by atoms with E-state index in [-0.39, 0.29) is 4.90 Å². The van der Waals surface area contributed by atoms with Crippen molar-refractivity contribution in [3.63, 3.8) is 0 Å². The van der Waals surface area contributed by atoms with Crippen LogP contribution in [0.25, 0.3) is 0 Å². The van der Waals surface area contributed by atoms with Crippen LogP contribution in [0.1, 0.15) is 159 Å². The van der Waals surface area contributed by atoms with Gasteiger partial charge in [-0.2, -0.15) is 8.42 Å². The Hall–Kier alpha value is -0.870. The Morgan fingerprint density at radius 2 is 0.914 bits per heavy atom. The van der Waals surface area contributed by atoms with Crippen molar-refractivity contribution in [1.82, 2.24) is 0 Å². The van der Waals surface area contributed by atoms with Gasteiger partial charge in [-0.3, -0.25) is 4.55 Å². The summed E-state index contributed by atoms with van der Waals surface area (Å²) in [5.41, 5.74) is 2.13. The molecule has 0 amide bonds. The van der Waals surface area contributed by atoms with E-state index in [2.05, 4.69) is 6.92 Å². The van der Waals surface area contributed by atoms with Gasteiger partial charge < -0.3 is 0 Å². The van der Waals surface area contributed by atoms with E-state index in [1.165, 1.54) is 141 Å².